The molecule has 0 spiro atoms. The normalized spacial score (nSPS) is 23.6. The van der Waals surface area contributed by atoms with E-state index in [1.54, 1.807) is 0 Å². The van der Waals surface area contributed by atoms with E-state index in [4.69, 9.17) is 5.11 Å². The number of nitrogens with one attached hydrogen (secondary N) is 1. The van der Waals surface area contributed by atoms with E-state index in [1.165, 1.54) is 12.4 Å². The highest BCUT2D eigenvalue weighted by atomic mass is 16.4. The second-order valence-corrected chi connectivity index (χ2v) is 4.20. The number of carboxylic acids is 1. The summed E-state index contributed by atoms with van der Waals surface area (Å²) in [5.41, 5.74) is -0.0833. The van der Waals surface area contributed by atoms with Crippen molar-refractivity contribution in [2.45, 2.75) is 25.4 Å². The van der Waals surface area contributed by atoms with Crippen molar-refractivity contribution in [2.24, 2.45) is 5.92 Å². The Bertz CT molecular complexity index is 411. The molecule has 1 aliphatic carbocycles. The molecule has 6 nitrogen and oxygen atoms in total. The summed E-state index contributed by atoms with van der Waals surface area (Å²) in [6.45, 7) is 0.528. The van der Waals surface area contributed by atoms with Crippen LogP contribution in [0.4, 0.5) is 5.82 Å². The average molecular weight is 237 g/mol. The lowest BCUT2D eigenvalue weighted by Crippen LogP contribution is -2.23. The van der Waals surface area contributed by atoms with Gasteiger partial charge in [0.1, 0.15) is 0 Å². The lowest BCUT2D eigenvalue weighted by atomic mass is 10.1. The molecule has 0 bridgehead atoms. The zero-order valence-corrected chi connectivity index (χ0v) is 9.33. The van der Waals surface area contributed by atoms with Crippen LogP contribution in [0.2, 0.25) is 0 Å². The van der Waals surface area contributed by atoms with Gasteiger partial charge in [-0.25, -0.2) is 14.8 Å². The van der Waals surface area contributed by atoms with Crippen LogP contribution in [0.3, 0.4) is 0 Å². The van der Waals surface area contributed by atoms with Crippen LogP contribution in [-0.4, -0.2) is 38.8 Å². The number of rotatable bonds is 4. The third kappa shape index (κ3) is 2.71. The smallest absolute Gasteiger partial charge is 0.358 e. The predicted molar refractivity (Wildman–Crippen MR) is 60.8 cm³/mol. The van der Waals surface area contributed by atoms with Gasteiger partial charge in [-0.15, -0.1) is 0 Å². The van der Waals surface area contributed by atoms with Gasteiger partial charge in [-0.3, -0.25) is 0 Å². The summed E-state index contributed by atoms with van der Waals surface area (Å²) in [7, 11) is 0. The minimum atomic E-state index is -1.10. The van der Waals surface area contributed by atoms with Gasteiger partial charge < -0.3 is 15.5 Å². The van der Waals surface area contributed by atoms with E-state index in [2.05, 4.69) is 15.3 Å². The molecule has 1 fully saturated rings. The molecule has 2 atom stereocenters. The summed E-state index contributed by atoms with van der Waals surface area (Å²) in [6.07, 6.45) is 5.28. The van der Waals surface area contributed by atoms with Gasteiger partial charge in [0.25, 0.3) is 0 Å². The minimum absolute atomic E-state index is 0.0833. The van der Waals surface area contributed by atoms with E-state index in [0.29, 0.717) is 6.54 Å². The minimum Gasteiger partial charge on any atom is -0.476 e. The molecule has 0 aromatic carbocycles. The SMILES string of the molecule is O=C(O)c1nccnc1NCC1CCCC1O. The molecule has 6 heteroatoms. The zero-order valence-electron chi connectivity index (χ0n) is 9.33. The first kappa shape index (κ1) is 11.8. The number of nitrogens with zero attached hydrogens (tertiary/aromatic N) is 2. The van der Waals surface area contributed by atoms with Crippen molar-refractivity contribution in [1.29, 1.82) is 0 Å². The van der Waals surface area contributed by atoms with Gasteiger partial charge in [0.2, 0.25) is 0 Å². The standard InChI is InChI=1S/C11H15N3O3/c15-8-3-1-2-7(8)6-14-10-9(11(16)17)12-4-5-13-10/h4-5,7-8,15H,1-3,6H2,(H,13,14)(H,16,17). The first-order valence-corrected chi connectivity index (χ1v) is 5.64. The van der Waals surface area contributed by atoms with Crippen LogP contribution in [-0.2, 0) is 0 Å². The molecule has 1 aliphatic rings. The number of hydrogen-bond acceptors (Lipinski definition) is 5. The Hall–Kier alpha value is -1.69. The summed E-state index contributed by atoms with van der Waals surface area (Å²) in [4.78, 5) is 18.6. The molecule has 2 unspecified atom stereocenters. The molecule has 0 amide bonds. The third-order valence-corrected chi connectivity index (χ3v) is 3.05. The van der Waals surface area contributed by atoms with Crippen molar-refractivity contribution in [2.75, 3.05) is 11.9 Å². The van der Waals surface area contributed by atoms with Gasteiger partial charge in [0.15, 0.2) is 11.5 Å². The number of aromatic carboxylic acids is 1. The molecule has 2 rings (SSSR count). The summed E-state index contributed by atoms with van der Waals surface area (Å²) in [5, 5.41) is 21.5. The quantitative estimate of drug-likeness (QED) is 0.715. The molecule has 92 valence electrons. The number of aliphatic hydroxyl groups is 1. The number of aliphatic hydroxyl groups excluding tert-OH is 1. The fraction of sp³-hybridized carbons (Fsp3) is 0.545. The fourth-order valence-electron chi connectivity index (χ4n) is 2.11. The lowest BCUT2D eigenvalue weighted by molar-refractivity contribution is 0.0691. The van der Waals surface area contributed by atoms with E-state index in [0.717, 1.165) is 19.3 Å². The highest BCUT2D eigenvalue weighted by Crippen LogP contribution is 2.25. The van der Waals surface area contributed by atoms with Crippen LogP contribution >= 0.6 is 0 Å². The fourth-order valence-corrected chi connectivity index (χ4v) is 2.11. The van der Waals surface area contributed by atoms with E-state index in [-0.39, 0.29) is 23.5 Å². The van der Waals surface area contributed by atoms with E-state index in [9.17, 15) is 9.90 Å². The Labute approximate surface area is 98.7 Å². The third-order valence-electron chi connectivity index (χ3n) is 3.05. The maximum Gasteiger partial charge on any atom is 0.358 e. The Kier molecular flexibility index (Phi) is 3.53. The van der Waals surface area contributed by atoms with Gasteiger partial charge in [-0.1, -0.05) is 6.42 Å². The van der Waals surface area contributed by atoms with Crippen molar-refractivity contribution >= 4 is 11.8 Å². The van der Waals surface area contributed by atoms with E-state index in [1.807, 2.05) is 0 Å². The van der Waals surface area contributed by atoms with Crippen molar-refractivity contribution in [1.82, 2.24) is 9.97 Å². The zero-order chi connectivity index (χ0) is 12.3. The molecule has 3 N–H and O–H groups in total. The number of anilines is 1. The number of aromatic nitrogens is 2. The monoisotopic (exact) mass is 237 g/mol. The van der Waals surface area contributed by atoms with Gasteiger partial charge in [0.05, 0.1) is 6.10 Å². The van der Waals surface area contributed by atoms with Crippen molar-refractivity contribution in [3.8, 4) is 0 Å². The highest BCUT2D eigenvalue weighted by Gasteiger charge is 2.25. The van der Waals surface area contributed by atoms with Crippen molar-refractivity contribution in [3.63, 3.8) is 0 Å². The summed E-state index contributed by atoms with van der Waals surface area (Å²) < 4.78 is 0. The topological polar surface area (TPSA) is 95.3 Å². The van der Waals surface area contributed by atoms with Crippen LogP contribution in [0.15, 0.2) is 12.4 Å². The van der Waals surface area contributed by atoms with Gasteiger partial charge in [-0.05, 0) is 12.8 Å². The second-order valence-electron chi connectivity index (χ2n) is 4.20. The van der Waals surface area contributed by atoms with Crippen molar-refractivity contribution in [3.05, 3.63) is 18.1 Å². The Balaban J connectivity index is 2.01. The van der Waals surface area contributed by atoms with Gasteiger partial charge >= 0.3 is 5.97 Å². The van der Waals surface area contributed by atoms with Crippen LogP contribution < -0.4 is 5.32 Å². The summed E-state index contributed by atoms with van der Waals surface area (Å²) >= 11 is 0. The molecular formula is C11H15N3O3. The van der Waals surface area contributed by atoms with Gasteiger partial charge in [0, 0.05) is 24.9 Å². The Morgan fingerprint density at radius 2 is 2.18 bits per heavy atom. The molecule has 0 radical (unpaired) electrons. The van der Waals surface area contributed by atoms with E-state index < -0.39 is 5.97 Å². The van der Waals surface area contributed by atoms with Crippen LogP contribution in [0.25, 0.3) is 0 Å². The number of hydrogen-bond donors (Lipinski definition) is 3. The molecule has 1 aromatic rings. The second kappa shape index (κ2) is 5.09. The summed E-state index contributed by atoms with van der Waals surface area (Å²) in [5.74, 6) is -0.676. The van der Waals surface area contributed by atoms with Crippen LogP contribution in [0, 0.1) is 5.92 Å². The summed E-state index contributed by atoms with van der Waals surface area (Å²) in [6, 6.07) is 0. The molecule has 0 saturated heterocycles. The van der Waals surface area contributed by atoms with Crippen LogP contribution in [0.5, 0.6) is 0 Å². The predicted octanol–water partition coefficient (Wildman–Crippen LogP) is 0.748. The molecule has 1 aromatic heterocycles. The number of carbonyl (C=O) groups is 1. The molecule has 1 saturated carbocycles. The first-order chi connectivity index (χ1) is 8.18. The maximum atomic E-state index is 10.9. The van der Waals surface area contributed by atoms with E-state index >= 15 is 0 Å². The molecule has 1 heterocycles. The average Bonchev–Trinajstić information content (AvgIpc) is 2.72. The molecule has 0 aliphatic heterocycles. The van der Waals surface area contributed by atoms with Crippen molar-refractivity contribution < 1.29 is 15.0 Å². The maximum absolute atomic E-state index is 10.9. The Morgan fingerprint density at radius 3 is 2.82 bits per heavy atom. The van der Waals surface area contributed by atoms with Gasteiger partial charge in [-0.2, -0.15) is 0 Å². The highest BCUT2D eigenvalue weighted by molar-refractivity contribution is 5.90. The number of carboxylic acid groups (broad SMARTS) is 1. The molecular weight excluding hydrogens is 222 g/mol. The Morgan fingerprint density at radius 1 is 1.41 bits per heavy atom. The van der Waals surface area contributed by atoms with Crippen LogP contribution in [0.1, 0.15) is 29.8 Å². The lowest BCUT2D eigenvalue weighted by Gasteiger charge is -2.15. The first-order valence-electron chi connectivity index (χ1n) is 5.64. The molecule has 17 heavy (non-hydrogen) atoms. The largest absolute Gasteiger partial charge is 0.476 e.